The molecule has 2 rings (SSSR count). The molecule has 2 heterocycles. The minimum Gasteiger partial charge on any atom is -0.365 e. The van der Waals surface area contributed by atoms with Crippen LogP contribution < -0.4 is 0 Å². The predicted molar refractivity (Wildman–Crippen MR) is 42.3 cm³/mol. The summed E-state index contributed by atoms with van der Waals surface area (Å²) in [6.45, 7) is 4.90. The van der Waals surface area contributed by atoms with E-state index in [1.54, 1.807) is 0 Å². The van der Waals surface area contributed by atoms with Crippen LogP contribution in [-0.2, 0) is 10.3 Å². The summed E-state index contributed by atoms with van der Waals surface area (Å²) in [5, 5.41) is 0. The molecule has 0 bridgehead atoms. The predicted octanol–water partition coefficient (Wildman–Crippen LogP) is 1.64. The van der Waals surface area contributed by atoms with E-state index in [1.165, 1.54) is 5.56 Å². The Morgan fingerprint density at radius 2 is 2.27 bits per heavy atom. The van der Waals surface area contributed by atoms with Gasteiger partial charge >= 0.3 is 0 Å². The van der Waals surface area contributed by atoms with Gasteiger partial charge in [0.25, 0.3) is 0 Å². The van der Waals surface area contributed by atoms with E-state index < -0.39 is 0 Å². The van der Waals surface area contributed by atoms with Gasteiger partial charge in [0.05, 0.1) is 6.61 Å². The van der Waals surface area contributed by atoms with Crippen LogP contribution in [0.15, 0.2) is 18.3 Å². The van der Waals surface area contributed by atoms with Gasteiger partial charge in [0.2, 0.25) is 0 Å². The third kappa shape index (κ3) is 1.14. The summed E-state index contributed by atoms with van der Waals surface area (Å²) in [5.41, 5.74) is 2.21. The molecule has 58 valence electrons. The van der Waals surface area contributed by atoms with Crippen LogP contribution in [-0.4, -0.2) is 11.6 Å². The molecule has 0 saturated carbocycles. The smallest absolute Gasteiger partial charge is 0.115 e. The van der Waals surface area contributed by atoms with Crippen molar-refractivity contribution in [1.82, 2.24) is 4.98 Å². The molecule has 0 amide bonds. The van der Waals surface area contributed by atoms with Crippen molar-refractivity contribution in [2.24, 2.45) is 0 Å². The highest BCUT2D eigenvalue weighted by Crippen LogP contribution is 2.37. The molecule has 1 fully saturated rings. The summed E-state index contributed by atoms with van der Waals surface area (Å²) >= 11 is 0. The molecule has 2 heteroatoms. The van der Waals surface area contributed by atoms with Gasteiger partial charge in [-0.1, -0.05) is 6.07 Å². The number of hydrogen-bond donors (Lipinski definition) is 0. The minimum absolute atomic E-state index is 0.0271. The average Bonchev–Trinajstić information content (AvgIpc) is 2.70. The van der Waals surface area contributed by atoms with E-state index >= 15 is 0 Å². The highest BCUT2D eigenvalue weighted by molar-refractivity contribution is 5.23. The van der Waals surface area contributed by atoms with Gasteiger partial charge in [0, 0.05) is 17.5 Å². The van der Waals surface area contributed by atoms with E-state index in [2.05, 4.69) is 18.0 Å². The maximum Gasteiger partial charge on any atom is 0.115 e. The van der Waals surface area contributed by atoms with Gasteiger partial charge in [0.1, 0.15) is 5.60 Å². The number of ether oxygens (including phenoxy) is 1. The number of nitrogens with zero attached hydrogens (tertiary/aromatic N) is 1. The highest BCUT2D eigenvalue weighted by atomic mass is 16.6. The fraction of sp³-hybridized carbons (Fsp3) is 0.444. The van der Waals surface area contributed by atoms with Gasteiger partial charge < -0.3 is 4.74 Å². The van der Waals surface area contributed by atoms with Gasteiger partial charge in [-0.2, -0.15) is 0 Å². The van der Waals surface area contributed by atoms with Crippen LogP contribution in [0.4, 0.5) is 0 Å². The van der Waals surface area contributed by atoms with E-state index in [-0.39, 0.29) is 5.60 Å². The molecule has 0 spiro atoms. The van der Waals surface area contributed by atoms with E-state index in [4.69, 9.17) is 4.74 Å². The first-order chi connectivity index (χ1) is 5.21. The molecule has 0 unspecified atom stereocenters. The lowest BCUT2D eigenvalue weighted by Crippen LogP contribution is -2.02. The normalized spacial score (nSPS) is 28.5. The lowest BCUT2D eigenvalue weighted by Gasteiger charge is -2.03. The van der Waals surface area contributed by atoms with Crippen molar-refractivity contribution < 1.29 is 4.74 Å². The van der Waals surface area contributed by atoms with Crippen LogP contribution >= 0.6 is 0 Å². The van der Waals surface area contributed by atoms with Gasteiger partial charge in [-0.15, -0.1) is 0 Å². The molecule has 0 radical (unpaired) electrons. The van der Waals surface area contributed by atoms with Crippen molar-refractivity contribution in [2.45, 2.75) is 19.4 Å². The number of aryl methyl sites for hydroxylation is 1. The molecule has 1 saturated heterocycles. The first-order valence-electron chi connectivity index (χ1n) is 3.78. The van der Waals surface area contributed by atoms with Crippen molar-refractivity contribution in [1.29, 1.82) is 0 Å². The molecule has 2 nitrogen and oxygen atoms in total. The van der Waals surface area contributed by atoms with E-state index in [0.29, 0.717) is 0 Å². The molecule has 0 aromatic carbocycles. The van der Waals surface area contributed by atoms with Crippen molar-refractivity contribution >= 4 is 0 Å². The average molecular weight is 149 g/mol. The Balaban J connectivity index is 2.33. The quantitative estimate of drug-likeness (QED) is 0.567. The zero-order valence-corrected chi connectivity index (χ0v) is 6.79. The van der Waals surface area contributed by atoms with Crippen molar-refractivity contribution in [3.05, 3.63) is 29.6 Å². The van der Waals surface area contributed by atoms with Gasteiger partial charge in [-0.25, -0.2) is 0 Å². The SMILES string of the molecule is Cc1ccc([C@]2(C)CO2)cn1. The Bertz CT molecular complexity index is 261. The Kier molecular flexibility index (Phi) is 1.26. The highest BCUT2D eigenvalue weighted by Gasteiger charge is 2.41. The summed E-state index contributed by atoms with van der Waals surface area (Å²) in [5.74, 6) is 0. The topological polar surface area (TPSA) is 25.4 Å². The first kappa shape index (κ1) is 6.80. The molecule has 1 aromatic rings. The number of pyridine rings is 1. The Morgan fingerprint density at radius 1 is 1.55 bits per heavy atom. The van der Waals surface area contributed by atoms with Crippen LogP contribution in [0.5, 0.6) is 0 Å². The van der Waals surface area contributed by atoms with Crippen molar-refractivity contribution in [2.75, 3.05) is 6.61 Å². The Hall–Kier alpha value is -0.890. The first-order valence-corrected chi connectivity index (χ1v) is 3.78. The number of hydrogen-bond acceptors (Lipinski definition) is 2. The fourth-order valence-corrected chi connectivity index (χ4v) is 1.06. The monoisotopic (exact) mass is 149 g/mol. The van der Waals surface area contributed by atoms with Crippen LogP contribution in [0.25, 0.3) is 0 Å². The summed E-state index contributed by atoms with van der Waals surface area (Å²) in [7, 11) is 0. The van der Waals surface area contributed by atoms with Crippen LogP contribution in [0.3, 0.4) is 0 Å². The van der Waals surface area contributed by atoms with Crippen LogP contribution in [0.1, 0.15) is 18.2 Å². The molecular weight excluding hydrogens is 138 g/mol. The summed E-state index contributed by atoms with van der Waals surface area (Å²) in [6, 6.07) is 4.09. The lowest BCUT2D eigenvalue weighted by atomic mass is 10.0. The number of aromatic nitrogens is 1. The van der Waals surface area contributed by atoms with Crippen LogP contribution in [0, 0.1) is 6.92 Å². The second kappa shape index (κ2) is 2.05. The van der Waals surface area contributed by atoms with Crippen LogP contribution in [0.2, 0.25) is 0 Å². The molecule has 1 aromatic heterocycles. The van der Waals surface area contributed by atoms with Crippen molar-refractivity contribution in [3.63, 3.8) is 0 Å². The van der Waals surface area contributed by atoms with Gasteiger partial charge in [0.15, 0.2) is 0 Å². The maximum absolute atomic E-state index is 5.28. The lowest BCUT2D eigenvalue weighted by molar-refractivity contribution is 0.329. The number of rotatable bonds is 1. The summed E-state index contributed by atoms with van der Waals surface area (Å²) in [6.07, 6.45) is 1.89. The molecule has 0 N–H and O–H groups in total. The molecular formula is C9H11NO. The van der Waals surface area contributed by atoms with E-state index in [9.17, 15) is 0 Å². The minimum atomic E-state index is -0.0271. The zero-order valence-electron chi connectivity index (χ0n) is 6.79. The molecule has 11 heavy (non-hydrogen) atoms. The molecule has 1 aliphatic heterocycles. The largest absolute Gasteiger partial charge is 0.365 e. The Morgan fingerprint density at radius 3 is 2.73 bits per heavy atom. The molecule has 1 aliphatic rings. The second-order valence-corrected chi connectivity index (χ2v) is 3.21. The van der Waals surface area contributed by atoms with Gasteiger partial charge in [-0.05, 0) is 19.9 Å². The Labute approximate surface area is 66.2 Å². The third-order valence-electron chi connectivity index (χ3n) is 2.10. The van der Waals surface area contributed by atoms with Crippen molar-refractivity contribution in [3.8, 4) is 0 Å². The number of epoxide rings is 1. The second-order valence-electron chi connectivity index (χ2n) is 3.21. The summed E-state index contributed by atoms with van der Waals surface area (Å²) in [4.78, 5) is 4.21. The molecule has 0 aliphatic carbocycles. The van der Waals surface area contributed by atoms with E-state index in [1.807, 2.05) is 19.2 Å². The summed E-state index contributed by atoms with van der Waals surface area (Å²) < 4.78 is 5.28. The molecule has 1 atom stereocenters. The van der Waals surface area contributed by atoms with Gasteiger partial charge in [-0.3, -0.25) is 4.98 Å². The van der Waals surface area contributed by atoms with E-state index in [0.717, 1.165) is 12.3 Å². The maximum atomic E-state index is 5.28. The standard InChI is InChI=1S/C9H11NO/c1-7-3-4-8(5-10-7)9(2)6-11-9/h3-5H,6H2,1-2H3/t9-/m0/s1. The third-order valence-corrected chi connectivity index (χ3v) is 2.10. The fourth-order valence-electron chi connectivity index (χ4n) is 1.06. The zero-order chi connectivity index (χ0) is 7.90.